The summed E-state index contributed by atoms with van der Waals surface area (Å²) in [6.07, 6.45) is 10.6. The molecule has 0 atom stereocenters. The van der Waals surface area contributed by atoms with E-state index in [0.29, 0.717) is 23.5 Å². The van der Waals surface area contributed by atoms with Crippen LogP contribution in [0, 0.1) is 11.8 Å². The molecule has 0 unspecified atom stereocenters. The van der Waals surface area contributed by atoms with Crippen LogP contribution in [0.3, 0.4) is 0 Å². The molecule has 0 N–H and O–H groups in total. The molecule has 0 bridgehead atoms. The third-order valence-electron chi connectivity index (χ3n) is 7.74. The van der Waals surface area contributed by atoms with E-state index in [0.717, 1.165) is 38.5 Å². The van der Waals surface area contributed by atoms with Gasteiger partial charge in [-0.15, -0.1) is 0 Å². The summed E-state index contributed by atoms with van der Waals surface area (Å²) in [5, 5.41) is 1.29. The number of fused-ring (bicyclic) bond motifs is 1. The first-order chi connectivity index (χ1) is 15.7. The SMILES string of the molecule is CC.Cn1c(-c2cccc(C3CCC(C(=O)C4CCCCC4)CC3)c2)cc2ccccc21. The maximum atomic E-state index is 13.0. The lowest BCUT2D eigenvalue weighted by atomic mass is 9.72. The second-order valence-electron chi connectivity index (χ2n) is 9.56. The van der Waals surface area contributed by atoms with Crippen molar-refractivity contribution in [2.45, 2.75) is 77.6 Å². The van der Waals surface area contributed by atoms with Crippen LogP contribution in [0.1, 0.15) is 83.1 Å². The van der Waals surface area contributed by atoms with Gasteiger partial charge in [0.15, 0.2) is 0 Å². The van der Waals surface area contributed by atoms with Crippen LogP contribution in [0.5, 0.6) is 0 Å². The number of nitrogens with zero attached hydrogens (tertiary/aromatic N) is 1. The molecule has 2 fully saturated rings. The lowest BCUT2D eigenvalue weighted by Crippen LogP contribution is -2.28. The van der Waals surface area contributed by atoms with Gasteiger partial charge in [0, 0.05) is 35.5 Å². The molecular formula is C30H39NO. The molecule has 0 aliphatic heterocycles. The number of ketones is 1. The zero-order valence-corrected chi connectivity index (χ0v) is 20.1. The van der Waals surface area contributed by atoms with Gasteiger partial charge in [0.1, 0.15) is 5.78 Å². The van der Waals surface area contributed by atoms with E-state index in [1.807, 2.05) is 13.8 Å². The number of aryl methyl sites for hydroxylation is 1. The van der Waals surface area contributed by atoms with E-state index >= 15 is 0 Å². The molecule has 0 radical (unpaired) electrons. The molecule has 170 valence electrons. The molecular weight excluding hydrogens is 390 g/mol. The van der Waals surface area contributed by atoms with Gasteiger partial charge in [0.05, 0.1) is 0 Å². The molecule has 0 amide bonds. The normalized spacial score (nSPS) is 21.7. The lowest BCUT2D eigenvalue weighted by molar-refractivity contribution is -0.128. The maximum absolute atomic E-state index is 13.0. The number of benzene rings is 2. The number of para-hydroxylation sites is 1. The Labute approximate surface area is 194 Å². The highest BCUT2D eigenvalue weighted by molar-refractivity contribution is 5.87. The van der Waals surface area contributed by atoms with Crippen molar-refractivity contribution in [2.24, 2.45) is 18.9 Å². The maximum Gasteiger partial charge on any atom is 0.139 e. The van der Waals surface area contributed by atoms with Crippen LogP contribution in [0.15, 0.2) is 54.6 Å². The van der Waals surface area contributed by atoms with E-state index in [2.05, 4.69) is 66.2 Å². The van der Waals surface area contributed by atoms with Crippen molar-refractivity contribution in [2.75, 3.05) is 0 Å². The number of Topliss-reactive ketones (excluding diaryl/α,β-unsaturated/α-hetero) is 1. The molecule has 0 saturated heterocycles. The summed E-state index contributed by atoms with van der Waals surface area (Å²) in [6.45, 7) is 4.00. The van der Waals surface area contributed by atoms with Crippen molar-refractivity contribution < 1.29 is 4.79 Å². The van der Waals surface area contributed by atoms with Gasteiger partial charge in [0.25, 0.3) is 0 Å². The fourth-order valence-corrected chi connectivity index (χ4v) is 5.95. The minimum atomic E-state index is 0.325. The van der Waals surface area contributed by atoms with Gasteiger partial charge in [-0.2, -0.15) is 0 Å². The smallest absolute Gasteiger partial charge is 0.139 e. The van der Waals surface area contributed by atoms with Crippen LogP contribution >= 0.6 is 0 Å². The fraction of sp³-hybridized carbons (Fsp3) is 0.500. The van der Waals surface area contributed by atoms with Crippen molar-refractivity contribution in [1.29, 1.82) is 0 Å². The van der Waals surface area contributed by atoms with Crippen LogP contribution in [0.2, 0.25) is 0 Å². The number of carbonyl (C=O) groups excluding carboxylic acids is 1. The van der Waals surface area contributed by atoms with E-state index in [9.17, 15) is 4.79 Å². The molecule has 2 heteroatoms. The quantitative estimate of drug-likeness (QED) is 0.409. The zero-order chi connectivity index (χ0) is 22.5. The first-order valence-electron chi connectivity index (χ1n) is 12.9. The highest BCUT2D eigenvalue weighted by atomic mass is 16.1. The van der Waals surface area contributed by atoms with Gasteiger partial charge < -0.3 is 4.57 Å². The molecule has 0 spiro atoms. The predicted molar refractivity (Wildman–Crippen MR) is 136 cm³/mol. The van der Waals surface area contributed by atoms with Crippen molar-refractivity contribution >= 4 is 16.7 Å². The molecule has 3 aromatic rings. The summed E-state index contributed by atoms with van der Waals surface area (Å²) in [6, 6.07) is 20.0. The number of rotatable bonds is 4. The molecule has 2 saturated carbocycles. The Bertz CT molecular complexity index is 1030. The first-order valence-corrected chi connectivity index (χ1v) is 12.9. The molecule has 1 aromatic heterocycles. The van der Waals surface area contributed by atoms with Crippen molar-refractivity contribution in [3.05, 3.63) is 60.2 Å². The summed E-state index contributed by atoms with van der Waals surface area (Å²) >= 11 is 0. The van der Waals surface area contributed by atoms with Crippen LogP contribution in [0.4, 0.5) is 0 Å². The minimum Gasteiger partial charge on any atom is -0.344 e. The van der Waals surface area contributed by atoms with Gasteiger partial charge in [-0.25, -0.2) is 0 Å². The van der Waals surface area contributed by atoms with Gasteiger partial charge in [-0.3, -0.25) is 4.79 Å². The van der Waals surface area contributed by atoms with E-state index in [1.54, 1.807) is 0 Å². The Balaban J connectivity index is 0.00000119. The number of carbonyl (C=O) groups is 1. The van der Waals surface area contributed by atoms with E-state index in [-0.39, 0.29) is 0 Å². The Morgan fingerprint density at radius 2 is 1.47 bits per heavy atom. The van der Waals surface area contributed by atoms with Crippen LogP contribution < -0.4 is 0 Å². The third kappa shape index (κ3) is 4.70. The molecule has 32 heavy (non-hydrogen) atoms. The summed E-state index contributed by atoms with van der Waals surface area (Å²) in [7, 11) is 2.16. The number of aromatic nitrogens is 1. The van der Waals surface area contributed by atoms with Crippen LogP contribution in [-0.2, 0) is 11.8 Å². The van der Waals surface area contributed by atoms with Crippen molar-refractivity contribution in [1.82, 2.24) is 4.57 Å². The molecule has 2 nitrogen and oxygen atoms in total. The van der Waals surface area contributed by atoms with Crippen molar-refractivity contribution in [3.8, 4) is 11.3 Å². The third-order valence-corrected chi connectivity index (χ3v) is 7.74. The number of hydrogen-bond donors (Lipinski definition) is 0. The Morgan fingerprint density at radius 1 is 0.781 bits per heavy atom. The summed E-state index contributed by atoms with van der Waals surface area (Å²) in [4.78, 5) is 13.0. The second kappa shape index (κ2) is 10.5. The summed E-state index contributed by atoms with van der Waals surface area (Å²) < 4.78 is 2.30. The zero-order valence-electron chi connectivity index (χ0n) is 20.1. The fourth-order valence-electron chi connectivity index (χ4n) is 5.95. The topological polar surface area (TPSA) is 22.0 Å². The summed E-state index contributed by atoms with van der Waals surface area (Å²) in [5.74, 6) is 1.88. The molecule has 2 aliphatic carbocycles. The Kier molecular flexibility index (Phi) is 7.50. The largest absolute Gasteiger partial charge is 0.344 e. The van der Waals surface area contributed by atoms with Gasteiger partial charge in [-0.05, 0) is 73.8 Å². The number of hydrogen-bond acceptors (Lipinski definition) is 1. The highest BCUT2D eigenvalue weighted by Crippen LogP contribution is 2.40. The molecule has 5 rings (SSSR count). The van der Waals surface area contributed by atoms with E-state index < -0.39 is 0 Å². The van der Waals surface area contributed by atoms with Crippen LogP contribution in [0.25, 0.3) is 22.2 Å². The molecule has 2 aliphatic rings. The van der Waals surface area contributed by atoms with Gasteiger partial charge in [0.2, 0.25) is 0 Å². The predicted octanol–water partition coefficient (Wildman–Crippen LogP) is 8.29. The second-order valence-corrected chi connectivity index (χ2v) is 9.56. The minimum absolute atomic E-state index is 0.325. The van der Waals surface area contributed by atoms with E-state index in [1.165, 1.54) is 47.0 Å². The van der Waals surface area contributed by atoms with Crippen LogP contribution in [-0.4, -0.2) is 10.4 Å². The van der Waals surface area contributed by atoms with E-state index in [4.69, 9.17) is 0 Å². The van der Waals surface area contributed by atoms with Gasteiger partial charge >= 0.3 is 0 Å². The highest BCUT2D eigenvalue weighted by Gasteiger charge is 2.32. The van der Waals surface area contributed by atoms with Crippen molar-refractivity contribution in [3.63, 3.8) is 0 Å². The lowest BCUT2D eigenvalue weighted by Gasteiger charge is -2.31. The first kappa shape index (κ1) is 22.8. The standard InChI is InChI=1S/C28H33NO.C2H6/c1-29-26-13-6-5-10-25(26)19-27(29)24-12-7-11-23(18-24)20-14-16-22(17-15-20)28(30)21-8-3-2-4-9-21;1-2/h5-7,10-13,18-22H,2-4,8-9,14-17H2,1H3;1-2H3. The molecule has 2 aromatic carbocycles. The molecule has 1 heterocycles. The Morgan fingerprint density at radius 3 is 2.19 bits per heavy atom. The monoisotopic (exact) mass is 429 g/mol. The van der Waals surface area contributed by atoms with Gasteiger partial charge in [-0.1, -0.05) is 69.5 Å². The Hall–Kier alpha value is -2.35. The summed E-state index contributed by atoms with van der Waals surface area (Å²) in [5.41, 5.74) is 5.30. The average molecular weight is 430 g/mol. The average Bonchev–Trinajstić information content (AvgIpc) is 3.22.